The van der Waals surface area contributed by atoms with E-state index < -0.39 is 0 Å². The second-order valence-corrected chi connectivity index (χ2v) is 5.74. The third kappa shape index (κ3) is 4.50. The van der Waals surface area contributed by atoms with Crippen LogP contribution in [0.3, 0.4) is 0 Å². The second-order valence-electron chi connectivity index (χ2n) is 4.45. The summed E-state index contributed by atoms with van der Waals surface area (Å²) in [6.45, 7) is 6.40. The summed E-state index contributed by atoms with van der Waals surface area (Å²) in [7, 11) is 3.95. The number of amides is 1. The van der Waals surface area contributed by atoms with E-state index in [1.54, 1.807) is 0 Å². The van der Waals surface area contributed by atoms with Crippen molar-refractivity contribution < 1.29 is 9.21 Å². The summed E-state index contributed by atoms with van der Waals surface area (Å²) >= 11 is 1.28. The zero-order valence-electron chi connectivity index (χ0n) is 12.1. The number of aromatic nitrogens is 2. The summed E-state index contributed by atoms with van der Waals surface area (Å²) in [5.41, 5.74) is 0. The largest absolute Gasteiger partial charge is 0.414 e. The van der Waals surface area contributed by atoms with Gasteiger partial charge in [0.1, 0.15) is 0 Å². The molecule has 1 aromatic rings. The number of carbonyl (C=O) groups is 1. The predicted molar refractivity (Wildman–Crippen MR) is 75.0 cm³/mol. The summed E-state index contributed by atoms with van der Waals surface area (Å²) in [5, 5.41) is 11.0. The Hall–Kier alpha value is -1.08. The lowest BCUT2D eigenvalue weighted by Gasteiger charge is -2.18. The summed E-state index contributed by atoms with van der Waals surface area (Å²) < 4.78 is 5.62. The van der Waals surface area contributed by atoms with Crippen LogP contribution in [0.2, 0.25) is 0 Å². The lowest BCUT2D eigenvalue weighted by molar-refractivity contribution is -0.120. The van der Waals surface area contributed by atoms with Crippen LogP contribution in [0.4, 0.5) is 0 Å². The van der Waals surface area contributed by atoms with Crippen molar-refractivity contribution in [3.63, 3.8) is 0 Å². The number of nitrogens with zero attached hydrogens (tertiary/aromatic N) is 3. The Labute approximate surface area is 118 Å². The number of nitrogens with one attached hydrogen (secondary N) is 1. The molecule has 19 heavy (non-hydrogen) atoms. The van der Waals surface area contributed by atoms with E-state index in [2.05, 4.69) is 22.4 Å². The van der Waals surface area contributed by atoms with Crippen molar-refractivity contribution in [2.75, 3.05) is 20.6 Å². The normalized spacial score (nSPS) is 14.4. The highest BCUT2D eigenvalue weighted by Crippen LogP contribution is 2.26. The van der Waals surface area contributed by atoms with Gasteiger partial charge in [-0.1, -0.05) is 18.7 Å². The maximum Gasteiger partial charge on any atom is 0.277 e. The Morgan fingerprint density at radius 3 is 2.63 bits per heavy atom. The van der Waals surface area contributed by atoms with Crippen molar-refractivity contribution in [1.82, 2.24) is 20.4 Å². The summed E-state index contributed by atoms with van der Waals surface area (Å²) in [5.74, 6) is 0.574. The monoisotopic (exact) mass is 286 g/mol. The van der Waals surface area contributed by atoms with E-state index in [-0.39, 0.29) is 17.2 Å². The highest BCUT2D eigenvalue weighted by Gasteiger charge is 2.21. The lowest BCUT2D eigenvalue weighted by Crippen LogP contribution is -2.30. The average Bonchev–Trinajstić information content (AvgIpc) is 2.78. The average molecular weight is 286 g/mol. The van der Waals surface area contributed by atoms with Crippen LogP contribution in [0.15, 0.2) is 9.64 Å². The SMILES string of the molecule is CCNC(=O)[C@H](C)Sc1nnc([C@@H](CC)N(C)C)o1. The molecule has 1 aromatic heterocycles. The molecule has 7 heteroatoms. The molecule has 2 atom stereocenters. The third-order valence-electron chi connectivity index (χ3n) is 2.72. The van der Waals surface area contributed by atoms with Crippen molar-refractivity contribution in [3.05, 3.63) is 5.89 Å². The minimum Gasteiger partial charge on any atom is -0.414 e. The molecule has 0 aliphatic carbocycles. The summed E-state index contributed by atoms with van der Waals surface area (Å²) in [6, 6.07) is 0.113. The number of hydrogen-bond acceptors (Lipinski definition) is 6. The van der Waals surface area contributed by atoms with Gasteiger partial charge in [0, 0.05) is 6.54 Å². The van der Waals surface area contributed by atoms with E-state index in [1.807, 2.05) is 32.8 Å². The molecule has 0 saturated heterocycles. The summed E-state index contributed by atoms with van der Waals surface area (Å²) in [4.78, 5) is 13.7. The standard InChI is InChI=1S/C12H22N4O2S/c1-6-9(16(4)5)11-14-15-12(18-11)19-8(3)10(17)13-7-2/h8-9H,6-7H2,1-5H3,(H,13,17)/t8-,9+/m0/s1. The van der Waals surface area contributed by atoms with Crippen LogP contribution in [0.25, 0.3) is 0 Å². The van der Waals surface area contributed by atoms with Crippen LogP contribution in [-0.2, 0) is 4.79 Å². The van der Waals surface area contributed by atoms with Crippen molar-refractivity contribution >= 4 is 17.7 Å². The first kappa shape index (κ1) is 16.0. The minimum absolute atomic E-state index is 0.0214. The first-order valence-corrected chi connectivity index (χ1v) is 7.31. The lowest BCUT2D eigenvalue weighted by atomic mass is 10.2. The van der Waals surface area contributed by atoms with Crippen LogP contribution in [0, 0.1) is 0 Å². The van der Waals surface area contributed by atoms with Gasteiger partial charge in [0.15, 0.2) is 0 Å². The van der Waals surface area contributed by atoms with Crippen molar-refractivity contribution in [3.8, 4) is 0 Å². The Balaban J connectivity index is 2.67. The quantitative estimate of drug-likeness (QED) is 0.769. The van der Waals surface area contributed by atoms with E-state index in [0.29, 0.717) is 17.7 Å². The van der Waals surface area contributed by atoms with E-state index in [1.165, 1.54) is 11.8 Å². The van der Waals surface area contributed by atoms with E-state index >= 15 is 0 Å². The van der Waals surface area contributed by atoms with Gasteiger partial charge in [0.2, 0.25) is 11.8 Å². The van der Waals surface area contributed by atoms with Gasteiger partial charge in [-0.2, -0.15) is 0 Å². The van der Waals surface area contributed by atoms with E-state index in [9.17, 15) is 4.79 Å². The van der Waals surface area contributed by atoms with Crippen LogP contribution in [0.5, 0.6) is 0 Å². The van der Waals surface area contributed by atoms with Gasteiger partial charge in [-0.3, -0.25) is 9.69 Å². The molecule has 0 aromatic carbocycles. The van der Waals surface area contributed by atoms with Crippen LogP contribution in [0.1, 0.15) is 39.1 Å². The third-order valence-corrected chi connectivity index (χ3v) is 3.65. The van der Waals surface area contributed by atoms with Gasteiger partial charge in [-0.15, -0.1) is 10.2 Å². The topological polar surface area (TPSA) is 71.3 Å². The van der Waals surface area contributed by atoms with E-state index in [0.717, 1.165) is 6.42 Å². The Morgan fingerprint density at radius 2 is 2.11 bits per heavy atom. The van der Waals surface area contributed by atoms with Crippen LogP contribution < -0.4 is 5.32 Å². The molecule has 1 heterocycles. The number of rotatable bonds is 7. The fourth-order valence-corrected chi connectivity index (χ4v) is 2.40. The van der Waals surface area contributed by atoms with Crippen molar-refractivity contribution in [1.29, 1.82) is 0 Å². The molecule has 1 amide bonds. The maximum atomic E-state index is 11.6. The maximum absolute atomic E-state index is 11.6. The van der Waals surface area contributed by atoms with Gasteiger partial charge in [0.25, 0.3) is 5.22 Å². The van der Waals surface area contributed by atoms with E-state index in [4.69, 9.17) is 4.42 Å². The second kappa shape index (κ2) is 7.49. The fraction of sp³-hybridized carbons (Fsp3) is 0.750. The van der Waals surface area contributed by atoms with Gasteiger partial charge < -0.3 is 9.73 Å². The number of hydrogen-bond donors (Lipinski definition) is 1. The predicted octanol–water partition coefficient (Wildman–Crippen LogP) is 1.70. The number of carbonyl (C=O) groups excluding carboxylic acids is 1. The fourth-order valence-electron chi connectivity index (χ4n) is 1.69. The zero-order chi connectivity index (χ0) is 14.4. The van der Waals surface area contributed by atoms with Crippen LogP contribution in [-0.4, -0.2) is 46.9 Å². The molecule has 0 radical (unpaired) electrons. The van der Waals surface area contributed by atoms with Gasteiger partial charge in [0.05, 0.1) is 11.3 Å². The molecule has 0 fully saturated rings. The molecule has 6 nitrogen and oxygen atoms in total. The van der Waals surface area contributed by atoms with Gasteiger partial charge in [-0.05, 0) is 34.4 Å². The molecule has 0 aliphatic heterocycles. The van der Waals surface area contributed by atoms with Gasteiger partial charge >= 0.3 is 0 Å². The first-order chi connectivity index (χ1) is 8.99. The van der Waals surface area contributed by atoms with Crippen molar-refractivity contribution in [2.24, 2.45) is 0 Å². The Morgan fingerprint density at radius 1 is 1.42 bits per heavy atom. The van der Waals surface area contributed by atoms with Crippen molar-refractivity contribution in [2.45, 2.75) is 43.7 Å². The minimum atomic E-state index is -0.243. The summed E-state index contributed by atoms with van der Waals surface area (Å²) in [6.07, 6.45) is 0.894. The smallest absolute Gasteiger partial charge is 0.277 e. The number of thioether (sulfide) groups is 1. The molecule has 0 spiro atoms. The molecule has 1 rings (SSSR count). The highest BCUT2D eigenvalue weighted by molar-refractivity contribution is 8.00. The highest BCUT2D eigenvalue weighted by atomic mass is 32.2. The molecule has 0 aliphatic rings. The van der Waals surface area contributed by atoms with Crippen LogP contribution >= 0.6 is 11.8 Å². The molecular weight excluding hydrogens is 264 g/mol. The zero-order valence-corrected chi connectivity index (χ0v) is 13.0. The van der Waals surface area contributed by atoms with Gasteiger partial charge in [-0.25, -0.2) is 0 Å². The molecule has 1 N–H and O–H groups in total. The first-order valence-electron chi connectivity index (χ1n) is 6.43. The molecule has 0 bridgehead atoms. The molecule has 0 saturated carbocycles. The molecular formula is C12H22N4O2S. The molecule has 108 valence electrons. The molecule has 0 unspecified atom stereocenters. The Kier molecular flexibility index (Phi) is 6.30. The Bertz CT molecular complexity index is 408.